The summed E-state index contributed by atoms with van der Waals surface area (Å²) in [5.74, 6) is 1.29. The van der Waals surface area contributed by atoms with Crippen molar-refractivity contribution in [2.75, 3.05) is 53.4 Å². The number of nitrogens with zero attached hydrogens (tertiary/aromatic N) is 4. The van der Waals surface area contributed by atoms with Crippen molar-refractivity contribution in [3.05, 3.63) is 0 Å². The number of halogens is 1. The lowest BCUT2D eigenvalue weighted by Crippen LogP contribution is -2.46. The standard InChI is InChI=1S/C14H29N5.HI/c1-12(11-19-8-6-17(2)7-9-19)10-16-14(15)18(3)13-4-5-13;/h12-13H,4-11H2,1-3H3,(H2,15,16);1H. The molecule has 0 amide bonds. The van der Waals surface area contributed by atoms with E-state index >= 15 is 0 Å². The van der Waals surface area contributed by atoms with E-state index in [0.717, 1.165) is 13.1 Å². The number of aliphatic imine (C=N–C) groups is 1. The Hall–Kier alpha value is -0.0800. The van der Waals surface area contributed by atoms with Crippen molar-refractivity contribution in [3.63, 3.8) is 0 Å². The van der Waals surface area contributed by atoms with Gasteiger partial charge in [0, 0.05) is 52.4 Å². The minimum Gasteiger partial charge on any atom is -0.370 e. The highest BCUT2D eigenvalue weighted by atomic mass is 127. The van der Waals surface area contributed by atoms with Crippen LogP contribution in [0.3, 0.4) is 0 Å². The molecule has 0 aromatic carbocycles. The van der Waals surface area contributed by atoms with Gasteiger partial charge < -0.3 is 20.4 Å². The first-order valence-electron chi connectivity index (χ1n) is 7.50. The molecule has 1 aliphatic heterocycles. The van der Waals surface area contributed by atoms with E-state index in [1.807, 2.05) is 0 Å². The van der Waals surface area contributed by atoms with E-state index in [1.54, 1.807) is 0 Å². The molecule has 0 aromatic rings. The van der Waals surface area contributed by atoms with Gasteiger partial charge >= 0.3 is 0 Å². The lowest BCUT2D eigenvalue weighted by molar-refractivity contribution is 0.140. The predicted molar refractivity (Wildman–Crippen MR) is 95.8 cm³/mol. The van der Waals surface area contributed by atoms with Crippen molar-refractivity contribution in [2.45, 2.75) is 25.8 Å². The quantitative estimate of drug-likeness (QED) is 0.427. The molecule has 1 atom stereocenters. The number of rotatable bonds is 5. The Morgan fingerprint density at radius 2 is 1.90 bits per heavy atom. The fourth-order valence-corrected chi connectivity index (χ4v) is 2.54. The van der Waals surface area contributed by atoms with Gasteiger partial charge in [0.05, 0.1) is 0 Å². The van der Waals surface area contributed by atoms with Crippen LogP contribution in [0.2, 0.25) is 0 Å². The maximum atomic E-state index is 6.01. The van der Waals surface area contributed by atoms with Gasteiger partial charge in [0.2, 0.25) is 0 Å². The van der Waals surface area contributed by atoms with Crippen molar-refractivity contribution < 1.29 is 0 Å². The third-order valence-electron chi connectivity index (χ3n) is 4.19. The van der Waals surface area contributed by atoms with Crippen LogP contribution >= 0.6 is 24.0 Å². The van der Waals surface area contributed by atoms with Gasteiger partial charge in [0.25, 0.3) is 0 Å². The van der Waals surface area contributed by atoms with Gasteiger partial charge in [0.15, 0.2) is 5.96 Å². The van der Waals surface area contributed by atoms with Gasteiger partial charge in [-0.3, -0.25) is 4.99 Å². The number of hydrogen-bond donors (Lipinski definition) is 1. The maximum Gasteiger partial charge on any atom is 0.191 e. The fraction of sp³-hybridized carbons (Fsp3) is 0.929. The molecule has 6 heteroatoms. The molecule has 0 radical (unpaired) electrons. The van der Waals surface area contributed by atoms with Crippen molar-refractivity contribution in [2.24, 2.45) is 16.6 Å². The van der Waals surface area contributed by atoms with Crippen LogP contribution in [0.15, 0.2) is 4.99 Å². The van der Waals surface area contributed by atoms with Crippen molar-refractivity contribution in [3.8, 4) is 0 Å². The summed E-state index contributed by atoms with van der Waals surface area (Å²) >= 11 is 0. The van der Waals surface area contributed by atoms with E-state index in [9.17, 15) is 0 Å². The average molecular weight is 395 g/mol. The SMILES string of the molecule is CC(CN=C(N)N(C)C1CC1)CN1CCN(C)CC1.I. The molecule has 1 saturated carbocycles. The van der Waals surface area contributed by atoms with Crippen molar-refractivity contribution in [1.82, 2.24) is 14.7 Å². The average Bonchev–Trinajstić information content (AvgIpc) is 3.22. The first-order chi connectivity index (χ1) is 9.06. The molecule has 118 valence electrons. The van der Waals surface area contributed by atoms with E-state index in [4.69, 9.17) is 5.73 Å². The Labute approximate surface area is 140 Å². The Morgan fingerprint density at radius 1 is 1.30 bits per heavy atom. The Morgan fingerprint density at radius 3 is 2.45 bits per heavy atom. The molecule has 2 N–H and O–H groups in total. The van der Waals surface area contributed by atoms with Gasteiger partial charge in [-0.2, -0.15) is 0 Å². The van der Waals surface area contributed by atoms with Crippen LogP contribution in [0.4, 0.5) is 0 Å². The predicted octanol–water partition coefficient (Wildman–Crippen LogP) is 0.897. The summed E-state index contributed by atoms with van der Waals surface area (Å²) in [6.45, 7) is 8.98. The largest absolute Gasteiger partial charge is 0.370 e. The number of nitrogens with two attached hydrogens (primary N) is 1. The van der Waals surface area contributed by atoms with Crippen LogP contribution in [-0.2, 0) is 0 Å². The minimum atomic E-state index is 0. The first-order valence-corrected chi connectivity index (χ1v) is 7.50. The summed E-state index contributed by atoms with van der Waals surface area (Å²) < 4.78 is 0. The summed E-state index contributed by atoms with van der Waals surface area (Å²) in [7, 11) is 4.25. The van der Waals surface area contributed by atoms with Crippen molar-refractivity contribution >= 4 is 29.9 Å². The van der Waals surface area contributed by atoms with Crippen LogP contribution in [-0.4, -0.2) is 80.1 Å². The normalized spacial score (nSPS) is 23.2. The zero-order valence-corrected chi connectivity index (χ0v) is 15.4. The number of likely N-dealkylation sites (N-methyl/N-ethyl adjacent to an activating group) is 1. The molecule has 1 saturated heterocycles. The van der Waals surface area contributed by atoms with Crippen LogP contribution in [0.1, 0.15) is 19.8 Å². The minimum absolute atomic E-state index is 0. The van der Waals surface area contributed by atoms with Gasteiger partial charge in [0.1, 0.15) is 0 Å². The Balaban J connectivity index is 0.00000200. The van der Waals surface area contributed by atoms with Crippen LogP contribution < -0.4 is 5.73 Å². The topological polar surface area (TPSA) is 48.1 Å². The lowest BCUT2D eigenvalue weighted by Gasteiger charge is -2.33. The highest BCUT2D eigenvalue weighted by molar-refractivity contribution is 14.0. The molecule has 20 heavy (non-hydrogen) atoms. The molecule has 2 aliphatic rings. The highest BCUT2D eigenvalue weighted by Gasteiger charge is 2.27. The number of guanidine groups is 1. The van der Waals surface area contributed by atoms with E-state index < -0.39 is 0 Å². The zero-order chi connectivity index (χ0) is 13.8. The van der Waals surface area contributed by atoms with E-state index in [2.05, 4.69) is 40.7 Å². The number of piperazine rings is 1. The Bertz CT molecular complexity index is 311. The summed E-state index contributed by atoms with van der Waals surface area (Å²) in [5, 5.41) is 0. The maximum absolute atomic E-state index is 6.01. The lowest BCUT2D eigenvalue weighted by atomic mass is 10.1. The molecule has 0 aromatic heterocycles. The van der Waals surface area contributed by atoms with E-state index in [1.165, 1.54) is 39.0 Å². The van der Waals surface area contributed by atoms with Gasteiger partial charge in [-0.25, -0.2) is 0 Å². The molecule has 1 aliphatic carbocycles. The molecule has 1 unspecified atom stereocenters. The monoisotopic (exact) mass is 395 g/mol. The summed E-state index contributed by atoms with van der Waals surface area (Å²) in [5.41, 5.74) is 6.01. The molecule has 0 spiro atoms. The smallest absolute Gasteiger partial charge is 0.191 e. The van der Waals surface area contributed by atoms with E-state index in [-0.39, 0.29) is 24.0 Å². The molecule has 2 rings (SSSR count). The number of hydrogen-bond acceptors (Lipinski definition) is 3. The molecular weight excluding hydrogens is 365 g/mol. The fourth-order valence-electron chi connectivity index (χ4n) is 2.54. The molecule has 0 bridgehead atoms. The van der Waals surface area contributed by atoms with Gasteiger partial charge in [-0.05, 0) is 25.8 Å². The van der Waals surface area contributed by atoms with E-state index in [0.29, 0.717) is 17.9 Å². The van der Waals surface area contributed by atoms with Crippen LogP contribution in [0.25, 0.3) is 0 Å². The highest BCUT2D eigenvalue weighted by Crippen LogP contribution is 2.24. The van der Waals surface area contributed by atoms with Gasteiger partial charge in [-0.1, -0.05) is 6.92 Å². The van der Waals surface area contributed by atoms with Gasteiger partial charge in [-0.15, -0.1) is 24.0 Å². The first kappa shape index (κ1) is 18.0. The second-order valence-corrected chi connectivity index (χ2v) is 6.25. The Kier molecular flexibility index (Phi) is 7.53. The van der Waals surface area contributed by atoms with Crippen LogP contribution in [0.5, 0.6) is 0 Å². The second-order valence-electron chi connectivity index (χ2n) is 6.25. The molecule has 2 fully saturated rings. The third kappa shape index (κ3) is 5.73. The summed E-state index contributed by atoms with van der Waals surface area (Å²) in [4.78, 5) is 11.6. The van der Waals surface area contributed by atoms with Crippen LogP contribution in [0, 0.1) is 5.92 Å². The zero-order valence-electron chi connectivity index (χ0n) is 13.1. The molecule has 1 heterocycles. The second kappa shape index (κ2) is 8.38. The molecule has 5 nitrogen and oxygen atoms in total. The summed E-state index contributed by atoms with van der Waals surface area (Å²) in [6.07, 6.45) is 2.53. The molecular formula is C14H30IN5. The van der Waals surface area contributed by atoms with Crippen molar-refractivity contribution in [1.29, 1.82) is 0 Å². The third-order valence-corrected chi connectivity index (χ3v) is 4.19. The summed E-state index contributed by atoms with van der Waals surface area (Å²) in [6, 6.07) is 0.650.